The molecular formula is C13H20N2O2. The number of pyridine rings is 1. The van der Waals surface area contributed by atoms with E-state index in [1.165, 1.54) is 0 Å². The summed E-state index contributed by atoms with van der Waals surface area (Å²) in [4.78, 5) is 17.7. The van der Waals surface area contributed by atoms with Gasteiger partial charge in [-0.25, -0.2) is 0 Å². The third-order valence-corrected chi connectivity index (χ3v) is 2.86. The lowest BCUT2D eigenvalue weighted by Crippen LogP contribution is -2.36. The number of carbonyl (C=O) groups excluding carboxylic acids is 1. The molecule has 1 aromatic rings. The zero-order valence-corrected chi connectivity index (χ0v) is 10.6. The van der Waals surface area contributed by atoms with E-state index < -0.39 is 0 Å². The van der Waals surface area contributed by atoms with Gasteiger partial charge in [0.05, 0.1) is 12.5 Å². The van der Waals surface area contributed by atoms with Crippen molar-refractivity contribution in [3.8, 4) is 0 Å². The first-order valence-electron chi connectivity index (χ1n) is 5.81. The molecule has 94 valence electrons. The maximum atomic E-state index is 12.1. The molecule has 1 aromatic heterocycles. The quantitative estimate of drug-likeness (QED) is 0.838. The minimum atomic E-state index is -0.318. The predicted molar refractivity (Wildman–Crippen MR) is 66.1 cm³/mol. The summed E-state index contributed by atoms with van der Waals surface area (Å²) < 4.78 is 0. The van der Waals surface area contributed by atoms with E-state index in [9.17, 15) is 9.90 Å². The van der Waals surface area contributed by atoms with E-state index in [0.29, 0.717) is 6.54 Å². The number of hydrogen-bond donors (Lipinski definition) is 1. The lowest BCUT2D eigenvalue weighted by atomic mass is 9.95. The normalized spacial score (nSPS) is 12.5. The lowest BCUT2D eigenvalue weighted by Gasteiger charge is -2.24. The molecule has 0 bridgehead atoms. The summed E-state index contributed by atoms with van der Waals surface area (Å²) in [6, 6.07) is 3.76. The van der Waals surface area contributed by atoms with Crippen LogP contribution >= 0.6 is 0 Å². The van der Waals surface area contributed by atoms with E-state index in [-0.39, 0.29) is 24.3 Å². The first-order valence-corrected chi connectivity index (χ1v) is 5.81. The molecule has 0 saturated heterocycles. The summed E-state index contributed by atoms with van der Waals surface area (Å²) in [6.45, 7) is 4.33. The summed E-state index contributed by atoms with van der Waals surface area (Å²) in [6.07, 6.45) is 3.42. The number of nitrogens with zero attached hydrogens (tertiary/aromatic N) is 2. The highest BCUT2D eigenvalue weighted by Gasteiger charge is 2.24. The summed E-state index contributed by atoms with van der Waals surface area (Å²) in [5, 5.41) is 9.22. The second kappa shape index (κ2) is 6.35. The summed E-state index contributed by atoms with van der Waals surface area (Å²) >= 11 is 0. The van der Waals surface area contributed by atoms with E-state index >= 15 is 0 Å². The van der Waals surface area contributed by atoms with Gasteiger partial charge in [-0.2, -0.15) is 0 Å². The fourth-order valence-corrected chi connectivity index (χ4v) is 1.70. The smallest absolute Gasteiger partial charge is 0.228 e. The number of hydrogen-bond acceptors (Lipinski definition) is 3. The molecule has 1 heterocycles. The SMILES string of the molecule is CC(C)C(CO)C(=O)N(C)Cc1ccncc1. The highest BCUT2D eigenvalue weighted by Crippen LogP contribution is 2.14. The van der Waals surface area contributed by atoms with Crippen LogP contribution < -0.4 is 0 Å². The van der Waals surface area contributed by atoms with Crippen molar-refractivity contribution in [3.63, 3.8) is 0 Å². The third kappa shape index (κ3) is 3.82. The molecule has 0 aromatic carbocycles. The molecular weight excluding hydrogens is 216 g/mol. The van der Waals surface area contributed by atoms with Gasteiger partial charge in [0.2, 0.25) is 5.91 Å². The lowest BCUT2D eigenvalue weighted by molar-refractivity contribution is -0.137. The van der Waals surface area contributed by atoms with Crippen LogP contribution in [0.4, 0.5) is 0 Å². The molecule has 0 aliphatic rings. The number of amides is 1. The molecule has 0 spiro atoms. The Balaban J connectivity index is 2.64. The van der Waals surface area contributed by atoms with Gasteiger partial charge in [0.25, 0.3) is 0 Å². The molecule has 1 rings (SSSR count). The van der Waals surface area contributed by atoms with E-state index in [1.807, 2.05) is 26.0 Å². The highest BCUT2D eigenvalue weighted by molar-refractivity contribution is 5.78. The molecule has 1 unspecified atom stereocenters. The maximum absolute atomic E-state index is 12.1. The van der Waals surface area contributed by atoms with Crippen LogP contribution in [0, 0.1) is 11.8 Å². The molecule has 0 aliphatic heterocycles. The van der Waals surface area contributed by atoms with E-state index in [1.54, 1.807) is 24.3 Å². The average molecular weight is 236 g/mol. The van der Waals surface area contributed by atoms with Crippen molar-refractivity contribution in [3.05, 3.63) is 30.1 Å². The summed E-state index contributed by atoms with van der Waals surface area (Å²) in [7, 11) is 1.76. The zero-order chi connectivity index (χ0) is 12.8. The Morgan fingerprint density at radius 1 is 1.41 bits per heavy atom. The van der Waals surface area contributed by atoms with Gasteiger partial charge >= 0.3 is 0 Å². The standard InChI is InChI=1S/C13H20N2O2/c1-10(2)12(9-16)13(17)15(3)8-11-4-6-14-7-5-11/h4-7,10,12,16H,8-9H2,1-3H3. The van der Waals surface area contributed by atoms with Crippen molar-refractivity contribution in [2.45, 2.75) is 20.4 Å². The van der Waals surface area contributed by atoms with Crippen molar-refractivity contribution in [1.29, 1.82) is 0 Å². The first kappa shape index (κ1) is 13.6. The van der Waals surface area contributed by atoms with Gasteiger partial charge in [-0.05, 0) is 23.6 Å². The third-order valence-electron chi connectivity index (χ3n) is 2.86. The molecule has 1 atom stereocenters. The Morgan fingerprint density at radius 3 is 2.47 bits per heavy atom. The molecule has 1 N–H and O–H groups in total. The van der Waals surface area contributed by atoms with Gasteiger partial charge in [-0.15, -0.1) is 0 Å². The molecule has 0 saturated carbocycles. The van der Waals surface area contributed by atoms with Gasteiger partial charge in [-0.1, -0.05) is 13.8 Å². The number of carbonyl (C=O) groups is 1. The van der Waals surface area contributed by atoms with E-state index in [4.69, 9.17) is 0 Å². The minimum Gasteiger partial charge on any atom is -0.396 e. The fourth-order valence-electron chi connectivity index (χ4n) is 1.70. The average Bonchev–Trinajstić information content (AvgIpc) is 2.30. The Bertz CT molecular complexity index is 352. The molecule has 0 fully saturated rings. The Labute approximate surface area is 102 Å². The van der Waals surface area contributed by atoms with E-state index in [2.05, 4.69) is 4.98 Å². The first-order chi connectivity index (χ1) is 8.06. The largest absolute Gasteiger partial charge is 0.396 e. The van der Waals surface area contributed by atoms with Crippen LogP contribution in [0.25, 0.3) is 0 Å². The summed E-state index contributed by atoms with van der Waals surface area (Å²) in [5.41, 5.74) is 1.04. The van der Waals surface area contributed by atoms with Crippen LogP contribution in [0.1, 0.15) is 19.4 Å². The molecule has 0 radical (unpaired) electrons. The number of aromatic nitrogens is 1. The van der Waals surface area contributed by atoms with Crippen LogP contribution in [0.3, 0.4) is 0 Å². The minimum absolute atomic E-state index is 0.0145. The number of aliphatic hydroxyl groups is 1. The van der Waals surface area contributed by atoms with Crippen molar-refractivity contribution in [1.82, 2.24) is 9.88 Å². The molecule has 1 amide bonds. The number of aliphatic hydroxyl groups excluding tert-OH is 1. The van der Waals surface area contributed by atoms with Gasteiger partial charge < -0.3 is 10.0 Å². The molecule has 4 nitrogen and oxygen atoms in total. The van der Waals surface area contributed by atoms with Gasteiger partial charge in [-0.3, -0.25) is 9.78 Å². The molecule has 4 heteroatoms. The van der Waals surface area contributed by atoms with Crippen molar-refractivity contribution >= 4 is 5.91 Å². The van der Waals surface area contributed by atoms with Crippen LogP contribution in [-0.2, 0) is 11.3 Å². The van der Waals surface area contributed by atoms with Gasteiger partial charge in [0, 0.05) is 26.0 Å². The molecule has 0 aliphatic carbocycles. The van der Waals surface area contributed by atoms with Crippen molar-refractivity contribution < 1.29 is 9.90 Å². The second-order valence-electron chi connectivity index (χ2n) is 4.58. The highest BCUT2D eigenvalue weighted by atomic mass is 16.3. The second-order valence-corrected chi connectivity index (χ2v) is 4.58. The zero-order valence-electron chi connectivity index (χ0n) is 10.6. The fraction of sp³-hybridized carbons (Fsp3) is 0.538. The predicted octanol–water partition coefficient (Wildman–Crippen LogP) is 1.30. The molecule has 17 heavy (non-hydrogen) atoms. The Hall–Kier alpha value is -1.42. The van der Waals surface area contributed by atoms with Gasteiger partial charge in [0.1, 0.15) is 0 Å². The van der Waals surface area contributed by atoms with Crippen LogP contribution in [-0.4, -0.2) is 34.6 Å². The van der Waals surface area contributed by atoms with Crippen LogP contribution in [0.2, 0.25) is 0 Å². The van der Waals surface area contributed by atoms with E-state index in [0.717, 1.165) is 5.56 Å². The van der Waals surface area contributed by atoms with Crippen LogP contribution in [0.15, 0.2) is 24.5 Å². The number of rotatable bonds is 5. The topological polar surface area (TPSA) is 53.4 Å². The van der Waals surface area contributed by atoms with Gasteiger partial charge in [0.15, 0.2) is 0 Å². The van der Waals surface area contributed by atoms with Crippen LogP contribution in [0.5, 0.6) is 0 Å². The Morgan fingerprint density at radius 2 is 2.00 bits per heavy atom. The summed E-state index contributed by atoms with van der Waals surface area (Å²) in [5.74, 6) is -0.187. The van der Waals surface area contributed by atoms with Crippen molar-refractivity contribution in [2.75, 3.05) is 13.7 Å². The maximum Gasteiger partial charge on any atom is 0.228 e. The van der Waals surface area contributed by atoms with Crippen molar-refractivity contribution in [2.24, 2.45) is 11.8 Å². The Kier molecular flexibility index (Phi) is 5.10. The monoisotopic (exact) mass is 236 g/mol.